The topological polar surface area (TPSA) is 59.7 Å². The molecule has 2 aliphatic rings. The zero-order valence-electron chi connectivity index (χ0n) is 19.5. The van der Waals surface area contributed by atoms with Crippen molar-refractivity contribution >= 4 is 40.0 Å². The number of fused-ring (bicyclic) bond motifs is 1. The van der Waals surface area contributed by atoms with Crippen molar-refractivity contribution in [3.63, 3.8) is 0 Å². The van der Waals surface area contributed by atoms with Crippen LogP contribution in [0.1, 0.15) is 30.3 Å². The van der Waals surface area contributed by atoms with Crippen molar-refractivity contribution in [1.82, 2.24) is 14.8 Å². The van der Waals surface area contributed by atoms with E-state index in [1.165, 1.54) is 5.69 Å². The SMILES string of the molecule is CC(C(=O)N1CCN(c2ccccc2)CC1)C1CCN(C(=O)c2cc3cc(Cl)ccc3[nH]2)CC1. The fourth-order valence-electron chi connectivity index (χ4n) is 5.31. The molecule has 1 aromatic heterocycles. The number of nitrogens with one attached hydrogen (secondary N) is 1. The van der Waals surface area contributed by atoms with Gasteiger partial charge in [0.25, 0.3) is 5.91 Å². The summed E-state index contributed by atoms with van der Waals surface area (Å²) in [6.07, 6.45) is 1.71. The Bertz CT molecular complexity index is 1160. The minimum absolute atomic E-state index is 0.0155. The Labute approximate surface area is 205 Å². The van der Waals surface area contributed by atoms with Crippen molar-refractivity contribution in [3.05, 3.63) is 65.3 Å². The number of carbonyl (C=O) groups is 2. The Morgan fingerprint density at radius 1 is 0.912 bits per heavy atom. The summed E-state index contributed by atoms with van der Waals surface area (Å²) in [7, 11) is 0. The van der Waals surface area contributed by atoms with E-state index >= 15 is 0 Å². The van der Waals surface area contributed by atoms with Gasteiger partial charge in [-0.2, -0.15) is 0 Å². The molecule has 2 fully saturated rings. The molecule has 34 heavy (non-hydrogen) atoms. The maximum Gasteiger partial charge on any atom is 0.270 e. The maximum absolute atomic E-state index is 13.2. The molecule has 1 unspecified atom stereocenters. The van der Waals surface area contributed by atoms with Crippen LogP contribution in [0.15, 0.2) is 54.6 Å². The molecule has 0 radical (unpaired) electrons. The second kappa shape index (κ2) is 9.71. The number of para-hydroxylation sites is 1. The summed E-state index contributed by atoms with van der Waals surface area (Å²) in [5, 5.41) is 1.60. The van der Waals surface area contributed by atoms with Gasteiger partial charge in [-0.25, -0.2) is 0 Å². The van der Waals surface area contributed by atoms with Gasteiger partial charge >= 0.3 is 0 Å². The largest absolute Gasteiger partial charge is 0.368 e. The number of likely N-dealkylation sites (tertiary alicyclic amines) is 1. The Morgan fingerprint density at radius 3 is 2.32 bits per heavy atom. The summed E-state index contributed by atoms with van der Waals surface area (Å²) in [6, 6.07) is 17.8. The van der Waals surface area contributed by atoms with Crippen molar-refractivity contribution in [2.75, 3.05) is 44.2 Å². The lowest BCUT2D eigenvalue weighted by Gasteiger charge is -2.39. The van der Waals surface area contributed by atoms with E-state index in [4.69, 9.17) is 11.6 Å². The minimum atomic E-state index is -0.0178. The smallest absolute Gasteiger partial charge is 0.270 e. The Hall–Kier alpha value is -2.99. The third-order valence-electron chi connectivity index (χ3n) is 7.45. The zero-order valence-corrected chi connectivity index (χ0v) is 20.3. The number of aromatic nitrogens is 1. The van der Waals surface area contributed by atoms with Crippen LogP contribution in [0, 0.1) is 11.8 Å². The minimum Gasteiger partial charge on any atom is -0.368 e. The van der Waals surface area contributed by atoms with Gasteiger partial charge in [0.1, 0.15) is 5.69 Å². The predicted octanol–water partition coefficient (Wildman–Crippen LogP) is 4.66. The Kier molecular flexibility index (Phi) is 6.50. The number of halogens is 1. The number of H-pyrrole nitrogens is 1. The monoisotopic (exact) mass is 478 g/mol. The molecule has 1 atom stereocenters. The summed E-state index contributed by atoms with van der Waals surface area (Å²) in [5.41, 5.74) is 2.73. The van der Waals surface area contributed by atoms with Gasteiger partial charge in [0.2, 0.25) is 5.91 Å². The van der Waals surface area contributed by atoms with Gasteiger partial charge in [0.15, 0.2) is 0 Å². The normalized spacial score (nSPS) is 18.4. The molecule has 178 valence electrons. The molecule has 6 nitrogen and oxygen atoms in total. The quantitative estimate of drug-likeness (QED) is 0.593. The highest BCUT2D eigenvalue weighted by Gasteiger charge is 2.33. The Balaban J connectivity index is 1.13. The fraction of sp³-hybridized carbons (Fsp3) is 0.407. The Morgan fingerprint density at radius 2 is 1.62 bits per heavy atom. The number of piperazine rings is 1. The van der Waals surface area contributed by atoms with Crippen LogP contribution in [-0.4, -0.2) is 65.9 Å². The number of nitrogens with zero attached hydrogens (tertiary/aromatic N) is 3. The molecule has 7 heteroatoms. The average Bonchev–Trinajstić information content (AvgIpc) is 3.31. The van der Waals surface area contributed by atoms with E-state index < -0.39 is 0 Å². The summed E-state index contributed by atoms with van der Waals surface area (Å²) in [4.78, 5) is 35.7. The van der Waals surface area contributed by atoms with Gasteiger partial charge in [0.05, 0.1) is 0 Å². The molecule has 0 bridgehead atoms. The lowest BCUT2D eigenvalue weighted by Crippen LogP contribution is -2.51. The molecule has 2 aromatic carbocycles. The van der Waals surface area contributed by atoms with Gasteiger partial charge in [0, 0.05) is 66.8 Å². The van der Waals surface area contributed by atoms with Crippen LogP contribution in [0.2, 0.25) is 5.02 Å². The van der Waals surface area contributed by atoms with Crippen molar-refractivity contribution in [1.29, 1.82) is 0 Å². The van der Waals surface area contributed by atoms with E-state index in [0.29, 0.717) is 29.7 Å². The molecule has 2 amide bonds. The van der Waals surface area contributed by atoms with Crippen LogP contribution in [0.5, 0.6) is 0 Å². The first-order chi connectivity index (χ1) is 16.5. The second-order valence-corrected chi connectivity index (χ2v) is 9.92. The third-order valence-corrected chi connectivity index (χ3v) is 7.68. The fourth-order valence-corrected chi connectivity index (χ4v) is 5.49. The van der Waals surface area contributed by atoms with Crippen LogP contribution in [0.25, 0.3) is 10.9 Å². The highest BCUT2D eigenvalue weighted by Crippen LogP contribution is 2.29. The maximum atomic E-state index is 13.2. The van der Waals surface area contributed by atoms with E-state index in [1.807, 2.05) is 40.1 Å². The highest BCUT2D eigenvalue weighted by atomic mass is 35.5. The molecule has 0 spiro atoms. The van der Waals surface area contributed by atoms with E-state index in [9.17, 15) is 9.59 Å². The summed E-state index contributed by atoms with van der Waals surface area (Å²) >= 11 is 6.08. The van der Waals surface area contributed by atoms with Crippen molar-refractivity contribution in [2.24, 2.45) is 11.8 Å². The number of benzene rings is 2. The second-order valence-electron chi connectivity index (χ2n) is 9.48. The first kappa shape index (κ1) is 22.8. The molecule has 2 aliphatic heterocycles. The molecule has 1 N–H and O–H groups in total. The van der Waals surface area contributed by atoms with Gasteiger partial charge < -0.3 is 19.7 Å². The molecule has 0 saturated carbocycles. The van der Waals surface area contributed by atoms with Gasteiger partial charge in [-0.3, -0.25) is 9.59 Å². The van der Waals surface area contributed by atoms with Crippen LogP contribution >= 0.6 is 11.6 Å². The molecule has 2 saturated heterocycles. The molecular formula is C27H31ClN4O2. The van der Waals surface area contributed by atoms with Crippen LogP contribution in [0.3, 0.4) is 0 Å². The summed E-state index contributed by atoms with van der Waals surface area (Å²) in [6.45, 7) is 6.68. The highest BCUT2D eigenvalue weighted by molar-refractivity contribution is 6.31. The van der Waals surface area contributed by atoms with E-state index in [0.717, 1.165) is 49.9 Å². The molecule has 3 heterocycles. The first-order valence-corrected chi connectivity index (χ1v) is 12.5. The zero-order chi connectivity index (χ0) is 23.7. The third kappa shape index (κ3) is 4.64. The molecule has 3 aromatic rings. The molecule has 0 aliphatic carbocycles. The van der Waals surface area contributed by atoms with Crippen molar-refractivity contribution < 1.29 is 9.59 Å². The number of rotatable bonds is 4. The van der Waals surface area contributed by atoms with Gasteiger partial charge in [-0.15, -0.1) is 0 Å². The number of carbonyl (C=O) groups excluding carboxylic acids is 2. The predicted molar refractivity (Wildman–Crippen MR) is 136 cm³/mol. The number of anilines is 1. The van der Waals surface area contributed by atoms with Crippen LogP contribution < -0.4 is 4.90 Å². The first-order valence-electron chi connectivity index (χ1n) is 12.2. The number of hydrogen-bond donors (Lipinski definition) is 1. The van der Waals surface area contributed by atoms with Gasteiger partial charge in [-0.05, 0) is 55.2 Å². The summed E-state index contributed by atoms with van der Waals surface area (Å²) < 4.78 is 0. The van der Waals surface area contributed by atoms with E-state index in [2.05, 4.69) is 41.1 Å². The number of aromatic amines is 1. The lowest BCUT2D eigenvalue weighted by atomic mass is 9.84. The van der Waals surface area contributed by atoms with Gasteiger partial charge in [-0.1, -0.05) is 36.7 Å². The van der Waals surface area contributed by atoms with Crippen molar-refractivity contribution in [2.45, 2.75) is 19.8 Å². The number of amides is 2. The van der Waals surface area contributed by atoms with Crippen molar-refractivity contribution in [3.8, 4) is 0 Å². The van der Waals surface area contributed by atoms with E-state index in [-0.39, 0.29) is 17.7 Å². The molecule has 5 rings (SSSR count). The number of hydrogen-bond acceptors (Lipinski definition) is 3. The van der Waals surface area contributed by atoms with Crippen LogP contribution in [-0.2, 0) is 4.79 Å². The molecular weight excluding hydrogens is 448 g/mol. The summed E-state index contributed by atoms with van der Waals surface area (Å²) in [5.74, 6) is 0.563. The standard InChI is InChI=1S/C27H31ClN4O2/c1-19(26(33)32-15-13-30(14-16-32)23-5-3-2-4-6-23)20-9-11-31(12-10-20)27(34)25-18-21-17-22(28)7-8-24(21)29-25/h2-8,17-20,29H,9-16H2,1H3. The average molecular weight is 479 g/mol. The number of piperidine rings is 1. The van der Waals surface area contributed by atoms with E-state index in [1.54, 1.807) is 0 Å². The lowest BCUT2D eigenvalue weighted by molar-refractivity contribution is -0.137. The van der Waals surface area contributed by atoms with Crippen LogP contribution in [0.4, 0.5) is 5.69 Å².